The van der Waals surface area contributed by atoms with Gasteiger partial charge in [0.1, 0.15) is 6.54 Å². The normalized spacial score (nSPS) is 10.9. The number of benzene rings is 1. The van der Waals surface area contributed by atoms with Crippen molar-refractivity contribution >= 4 is 12.1 Å². The average Bonchev–Trinajstić information content (AvgIpc) is 2.68. The van der Waals surface area contributed by atoms with E-state index in [4.69, 9.17) is 0 Å². The topological polar surface area (TPSA) is 59.3 Å². The first kappa shape index (κ1) is 14.0. The van der Waals surface area contributed by atoms with Gasteiger partial charge >= 0.3 is 0 Å². The smallest absolute Gasteiger partial charge is 0.261 e. The molecule has 5 nitrogen and oxygen atoms in total. The van der Waals surface area contributed by atoms with Gasteiger partial charge in [0.2, 0.25) is 0 Å². The molecule has 2 rings (SSSR count). The highest BCUT2D eigenvalue weighted by Gasteiger charge is 2.05. The lowest BCUT2D eigenvalue weighted by Crippen LogP contribution is -2.24. The molecule has 104 valence electrons. The molecule has 2 aromatic rings. The van der Waals surface area contributed by atoms with Crippen LogP contribution in [0.25, 0.3) is 0 Å². The van der Waals surface area contributed by atoms with Crippen molar-refractivity contribution in [2.24, 2.45) is 5.10 Å². The monoisotopic (exact) mass is 270 g/mol. The molecule has 0 fully saturated rings. The lowest BCUT2D eigenvalue weighted by Gasteiger charge is -2.02. The predicted octanol–water partition coefficient (Wildman–Crippen LogP) is 1.96. The number of nitrogens with zero attached hydrogens (tertiary/aromatic N) is 3. The van der Waals surface area contributed by atoms with Crippen LogP contribution in [0.4, 0.5) is 0 Å². The predicted molar refractivity (Wildman–Crippen MR) is 78.6 cm³/mol. The van der Waals surface area contributed by atoms with E-state index in [9.17, 15) is 4.79 Å². The van der Waals surface area contributed by atoms with E-state index in [-0.39, 0.29) is 12.5 Å². The summed E-state index contributed by atoms with van der Waals surface area (Å²) in [4.78, 5) is 11.7. The summed E-state index contributed by atoms with van der Waals surface area (Å²) < 4.78 is 1.66. The second-order valence-corrected chi connectivity index (χ2v) is 4.79. The summed E-state index contributed by atoms with van der Waals surface area (Å²) in [6.45, 7) is 6.00. The van der Waals surface area contributed by atoms with Crippen LogP contribution >= 0.6 is 0 Å². The second kappa shape index (κ2) is 6.14. The van der Waals surface area contributed by atoms with Gasteiger partial charge in [-0.1, -0.05) is 29.8 Å². The number of carbonyl (C=O) groups is 1. The maximum atomic E-state index is 11.7. The van der Waals surface area contributed by atoms with Crippen LogP contribution in [0.2, 0.25) is 0 Å². The molecule has 0 saturated heterocycles. The number of aromatic nitrogens is 2. The van der Waals surface area contributed by atoms with Gasteiger partial charge in [0, 0.05) is 5.69 Å². The third-order valence-corrected chi connectivity index (χ3v) is 2.84. The van der Waals surface area contributed by atoms with Crippen LogP contribution < -0.4 is 5.43 Å². The highest BCUT2D eigenvalue weighted by molar-refractivity contribution is 5.82. The van der Waals surface area contributed by atoms with E-state index in [2.05, 4.69) is 15.6 Å². The Morgan fingerprint density at radius 3 is 2.80 bits per heavy atom. The number of hydrazone groups is 1. The Balaban J connectivity index is 1.91. The van der Waals surface area contributed by atoms with Gasteiger partial charge in [0.05, 0.1) is 11.9 Å². The Kier molecular flexibility index (Phi) is 4.30. The van der Waals surface area contributed by atoms with E-state index in [1.54, 1.807) is 10.9 Å². The zero-order valence-electron chi connectivity index (χ0n) is 11.9. The van der Waals surface area contributed by atoms with Crippen LogP contribution in [0.1, 0.15) is 22.5 Å². The van der Waals surface area contributed by atoms with Crippen molar-refractivity contribution < 1.29 is 4.79 Å². The van der Waals surface area contributed by atoms with Crippen LogP contribution in [0.3, 0.4) is 0 Å². The number of nitrogens with one attached hydrogen (secondary N) is 1. The van der Waals surface area contributed by atoms with E-state index in [0.29, 0.717) is 0 Å². The minimum absolute atomic E-state index is 0.171. The lowest BCUT2D eigenvalue weighted by atomic mass is 10.2. The van der Waals surface area contributed by atoms with Gasteiger partial charge in [-0.15, -0.1) is 0 Å². The van der Waals surface area contributed by atoms with E-state index in [1.165, 1.54) is 0 Å². The molecule has 1 aromatic carbocycles. The third kappa shape index (κ3) is 3.78. The average molecular weight is 270 g/mol. The summed E-state index contributed by atoms with van der Waals surface area (Å²) in [6.07, 6.45) is 1.63. The van der Waals surface area contributed by atoms with Gasteiger partial charge < -0.3 is 0 Å². The molecule has 1 amide bonds. The molecule has 0 aliphatic heterocycles. The van der Waals surface area contributed by atoms with E-state index >= 15 is 0 Å². The minimum atomic E-state index is -0.194. The molecule has 1 heterocycles. The van der Waals surface area contributed by atoms with Crippen molar-refractivity contribution in [1.82, 2.24) is 15.2 Å². The number of amides is 1. The molecule has 1 N–H and O–H groups in total. The Morgan fingerprint density at radius 1 is 1.35 bits per heavy atom. The van der Waals surface area contributed by atoms with E-state index < -0.39 is 0 Å². The van der Waals surface area contributed by atoms with Crippen molar-refractivity contribution in [3.8, 4) is 0 Å². The molecule has 0 aliphatic carbocycles. The maximum Gasteiger partial charge on any atom is 0.261 e. The first-order valence-corrected chi connectivity index (χ1v) is 6.44. The zero-order valence-corrected chi connectivity index (χ0v) is 11.9. The molecule has 0 radical (unpaired) electrons. The maximum absolute atomic E-state index is 11.7. The van der Waals surface area contributed by atoms with Crippen molar-refractivity contribution in [2.45, 2.75) is 27.3 Å². The Hall–Kier alpha value is -2.43. The number of rotatable bonds is 4. The molecule has 5 heteroatoms. The summed E-state index contributed by atoms with van der Waals surface area (Å²) in [6, 6.07) is 9.83. The molecule has 0 atom stereocenters. The summed E-state index contributed by atoms with van der Waals surface area (Å²) in [5.74, 6) is -0.194. The largest absolute Gasteiger partial charge is 0.271 e. The van der Waals surface area contributed by atoms with Gasteiger partial charge in [-0.3, -0.25) is 9.48 Å². The first-order valence-electron chi connectivity index (χ1n) is 6.44. The van der Waals surface area contributed by atoms with Crippen LogP contribution in [0.15, 0.2) is 35.4 Å². The van der Waals surface area contributed by atoms with Crippen molar-refractivity contribution in [1.29, 1.82) is 0 Å². The fourth-order valence-corrected chi connectivity index (χ4v) is 1.94. The second-order valence-electron chi connectivity index (χ2n) is 4.79. The SMILES string of the molecule is Cc1cccc(/C=N\NC(=O)Cn2nc(C)cc2C)c1. The van der Waals surface area contributed by atoms with Gasteiger partial charge in [0.25, 0.3) is 5.91 Å². The summed E-state index contributed by atoms with van der Waals surface area (Å²) >= 11 is 0. The molecule has 0 aliphatic rings. The quantitative estimate of drug-likeness (QED) is 0.682. The lowest BCUT2D eigenvalue weighted by molar-refractivity contribution is -0.121. The van der Waals surface area contributed by atoms with Crippen LogP contribution in [-0.4, -0.2) is 21.9 Å². The van der Waals surface area contributed by atoms with Crippen LogP contribution in [0.5, 0.6) is 0 Å². The van der Waals surface area contributed by atoms with Gasteiger partial charge in [-0.05, 0) is 32.4 Å². The molecule has 0 unspecified atom stereocenters. The zero-order chi connectivity index (χ0) is 14.5. The van der Waals surface area contributed by atoms with E-state index in [1.807, 2.05) is 51.1 Å². The molecular formula is C15H18N4O. The fraction of sp³-hybridized carbons (Fsp3) is 0.267. The summed E-state index contributed by atoms with van der Waals surface area (Å²) in [5, 5.41) is 8.18. The molecule has 1 aromatic heterocycles. The first-order chi connectivity index (χ1) is 9.54. The Bertz CT molecular complexity index is 643. The molecule has 0 spiro atoms. The molecular weight excluding hydrogens is 252 g/mol. The van der Waals surface area contributed by atoms with E-state index in [0.717, 1.165) is 22.5 Å². The standard InChI is InChI=1S/C15H18N4O/c1-11-5-4-6-14(7-11)9-16-17-15(20)10-19-13(3)8-12(2)18-19/h4-9H,10H2,1-3H3,(H,17,20)/b16-9-. The van der Waals surface area contributed by atoms with Gasteiger partial charge in [-0.25, -0.2) is 5.43 Å². The van der Waals surface area contributed by atoms with Crippen LogP contribution in [0, 0.1) is 20.8 Å². The number of hydrogen-bond donors (Lipinski definition) is 1. The minimum Gasteiger partial charge on any atom is -0.271 e. The summed E-state index contributed by atoms with van der Waals surface area (Å²) in [5.41, 5.74) is 6.48. The number of hydrogen-bond acceptors (Lipinski definition) is 3. The summed E-state index contributed by atoms with van der Waals surface area (Å²) in [7, 11) is 0. The fourth-order valence-electron chi connectivity index (χ4n) is 1.94. The third-order valence-electron chi connectivity index (χ3n) is 2.84. The Morgan fingerprint density at radius 2 is 2.15 bits per heavy atom. The van der Waals surface area contributed by atoms with Crippen molar-refractivity contribution in [3.05, 3.63) is 52.8 Å². The Labute approximate surface area is 118 Å². The van der Waals surface area contributed by atoms with Crippen molar-refractivity contribution in [2.75, 3.05) is 0 Å². The molecule has 0 bridgehead atoms. The molecule has 0 saturated carbocycles. The number of aryl methyl sites for hydroxylation is 3. The van der Waals surface area contributed by atoms with Crippen molar-refractivity contribution in [3.63, 3.8) is 0 Å². The molecule has 20 heavy (non-hydrogen) atoms. The number of carbonyl (C=O) groups excluding carboxylic acids is 1. The van der Waals surface area contributed by atoms with Gasteiger partial charge in [-0.2, -0.15) is 10.2 Å². The van der Waals surface area contributed by atoms with Crippen LogP contribution in [-0.2, 0) is 11.3 Å². The highest BCUT2D eigenvalue weighted by atomic mass is 16.2. The van der Waals surface area contributed by atoms with Gasteiger partial charge in [0.15, 0.2) is 0 Å². The highest BCUT2D eigenvalue weighted by Crippen LogP contribution is 2.02.